The molecule has 2 rings (SSSR count). The second-order valence-electron chi connectivity index (χ2n) is 3.85. The zero-order valence-corrected chi connectivity index (χ0v) is 10.3. The smallest absolute Gasteiger partial charge is 0.0949 e. The number of hydrogen-bond donors (Lipinski definition) is 1. The van der Waals surface area contributed by atoms with Crippen LogP contribution < -0.4 is 5.73 Å². The van der Waals surface area contributed by atoms with Gasteiger partial charge < -0.3 is 5.73 Å². The van der Waals surface area contributed by atoms with E-state index in [1.165, 1.54) is 4.88 Å². The van der Waals surface area contributed by atoms with Crippen LogP contribution in [0.4, 0.5) is 0 Å². The topological polar surface area (TPSA) is 51.8 Å². The highest BCUT2D eigenvalue weighted by Crippen LogP contribution is 2.21. The van der Waals surface area contributed by atoms with Gasteiger partial charge in [0.15, 0.2) is 0 Å². The van der Waals surface area contributed by atoms with E-state index in [9.17, 15) is 0 Å². The first-order valence-corrected chi connectivity index (χ1v) is 6.07. The zero-order chi connectivity index (χ0) is 11.5. The van der Waals surface area contributed by atoms with E-state index >= 15 is 0 Å². The van der Waals surface area contributed by atoms with Gasteiger partial charge in [-0.2, -0.15) is 0 Å². The van der Waals surface area contributed by atoms with E-state index in [0.29, 0.717) is 0 Å². The van der Waals surface area contributed by atoms with Crippen LogP contribution in [0.25, 0.3) is 0 Å². The van der Waals surface area contributed by atoms with E-state index < -0.39 is 0 Å². The van der Waals surface area contributed by atoms with Crippen LogP contribution in [0.5, 0.6) is 0 Å². The van der Waals surface area contributed by atoms with E-state index in [2.05, 4.69) is 16.9 Å². The fourth-order valence-electron chi connectivity index (χ4n) is 1.53. The van der Waals surface area contributed by atoms with Crippen LogP contribution in [0.1, 0.15) is 27.2 Å². The average molecular weight is 233 g/mol. The standard InChI is InChI=1S/C12H15N3S/c1-8-9(2)16-12(15-8)6-11(13)10-4-3-5-14-7-10/h3-5,7,11H,6,13H2,1-2H3. The Morgan fingerprint density at radius 3 is 2.81 bits per heavy atom. The summed E-state index contributed by atoms with van der Waals surface area (Å²) >= 11 is 1.73. The molecular weight excluding hydrogens is 218 g/mol. The Bertz CT molecular complexity index is 445. The van der Waals surface area contributed by atoms with Crippen LogP contribution in [-0.2, 0) is 6.42 Å². The molecule has 2 aromatic heterocycles. The molecule has 1 unspecified atom stereocenters. The highest BCUT2D eigenvalue weighted by molar-refractivity contribution is 7.11. The molecule has 0 saturated heterocycles. The Morgan fingerprint density at radius 2 is 2.25 bits per heavy atom. The predicted molar refractivity (Wildman–Crippen MR) is 66.5 cm³/mol. The van der Waals surface area contributed by atoms with Crippen molar-refractivity contribution >= 4 is 11.3 Å². The first-order valence-electron chi connectivity index (χ1n) is 5.25. The van der Waals surface area contributed by atoms with Crippen molar-refractivity contribution < 1.29 is 0 Å². The van der Waals surface area contributed by atoms with Crippen LogP contribution in [0.2, 0.25) is 0 Å². The summed E-state index contributed by atoms with van der Waals surface area (Å²) in [5, 5.41) is 1.10. The molecule has 84 valence electrons. The maximum Gasteiger partial charge on any atom is 0.0949 e. The Hall–Kier alpha value is -1.26. The van der Waals surface area contributed by atoms with Gasteiger partial charge in [0.2, 0.25) is 0 Å². The van der Waals surface area contributed by atoms with Gasteiger partial charge in [0.25, 0.3) is 0 Å². The minimum Gasteiger partial charge on any atom is -0.324 e. The van der Waals surface area contributed by atoms with Crippen LogP contribution in [0.3, 0.4) is 0 Å². The zero-order valence-electron chi connectivity index (χ0n) is 9.47. The normalized spacial score (nSPS) is 12.7. The molecule has 0 aliphatic carbocycles. The molecule has 0 spiro atoms. The quantitative estimate of drug-likeness (QED) is 0.885. The van der Waals surface area contributed by atoms with Crippen molar-refractivity contribution in [2.45, 2.75) is 26.3 Å². The molecule has 0 aliphatic rings. The molecule has 0 saturated carbocycles. The maximum atomic E-state index is 6.11. The first-order chi connectivity index (χ1) is 7.66. The molecule has 0 radical (unpaired) electrons. The monoisotopic (exact) mass is 233 g/mol. The number of nitrogens with zero attached hydrogens (tertiary/aromatic N) is 2. The largest absolute Gasteiger partial charge is 0.324 e. The van der Waals surface area contributed by atoms with Gasteiger partial charge >= 0.3 is 0 Å². The van der Waals surface area contributed by atoms with Gasteiger partial charge in [-0.15, -0.1) is 11.3 Å². The number of rotatable bonds is 3. The highest BCUT2D eigenvalue weighted by atomic mass is 32.1. The molecule has 3 nitrogen and oxygen atoms in total. The summed E-state index contributed by atoms with van der Waals surface area (Å²) in [7, 11) is 0. The van der Waals surface area contributed by atoms with Gasteiger partial charge in [-0.25, -0.2) is 4.98 Å². The second kappa shape index (κ2) is 4.72. The Morgan fingerprint density at radius 1 is 1.44 bits per heavy atom. The molecule has 0 aromatic carbocycles. The lowest BCUT2D eigenvalue weighted by atomic mass is 10.1. The molecule has 0 amide bonds. The van der Waals surface area contributed by atoms with Crippen molar-refractivity contribution in [1.29, 1.82) is 0 Å². The molecule has 2 aromatic rings. The third-order valence-electron chi connectivity index (χ3n) is 2.58. The SMILES string of the molecule is Cc1nc(CC(N)c2cccnc2)sc1C. The van der Waals surface area contributed by atoms with Crippen molar-refractivity contribution in [3.05, 3.63) is 45.7 Å². The van der Waals surface area contributed by atoms with E-state index in [1.54, 1.807) is 17.5 Å². The summed E-state index contributed by atoms with van der Waals surface area (Å²) in [6.45, 7) is 4.12. The number of aryl methyl sites for hydroxylation is 2. The lowest BCUT2D eigenvalue weighted by Crippen LogP contribution is -2.13. The van der Waals surface area contributed by atoms with E-state index in [-0.39, 0.29) is 6.04 Å². The van der Waals surface area contributed by atoms with Crippen molar-refractivity contribution in [2.75, 3.05) is 0 Å². The number of hydrogen-bond acceptors (Lipinski definition) is 4. The number of nitrogens with two attached hydrogens (primary N) is 1. The van der Waals surface area contributed by atoms with Crippen LogP contribution in [0, 0.1) is 13.8 Å². The van der Waals surface area contributed by atoms with Gasteiger partial charge in [0.1, 0.15) is 0 Å². The molecule has 2 heterocycles. The number of thiazole rings is 1. The number of aromatic nitrogens is 2. The second-order valence-corrected chi connectivity index (χ2v) is 5.13. The summed E-state index contributed by atoms with van der Waals surface area (Å²) in [5.74, 6) is 0. The van der Waals surface area contributed by atoms with Crippen molar-refractivity contribution in [2.24, 2.45) is 5.73 Å². The molecular formula is C12H15N3S. The fraction of sp³-hybridized carbons (Fsp3) is 0.333. The summed E-state index contributed by atoms with van der Waals surface area (Å²) in [6.07, 6.45) is 4.36. The van der Waals surface area contributed by atoms with Gasteiger partial charge in [0, 0.05) is 29.7 Å². The first kappa shape index (κ1) is 11.2. The fourth-order valence-corrected chi connectivity index (χ4v) is 2.52. The maximum absolute atomic E-state index is 6.11. The van der Waals surface area contributed by atoms with E-state index in [4.69, 9.17) is 5.73 Å². The third kappa shape index (κ3) is 2.46. The molecule has 0 bridgehead atoms. The molecule has 4 heteroatoms. The average Bonchev–Trinajstić information content (AvgIpc) is 2.59. The van der Waals surface area contributed by atoms with Crippen LogP contribution >= 0.6 is 11.3 Å². The Kier molecular flexibility index (Phi) is 3.31. The van der Waals surface area contributed by atoms with Gasteiger partial charge in [-0.05, 0) is 25.5 Å². The van der Waals surface area contributed by atoms with Gasteiger partial charge in [-0.1, -0.05) is 6.07 Å². The number of pyridine rings is 1. The van der Waals surface area contributed by atoms with Crippen LogP contribution in [0.15, 0.2) is 24.5 Å². The lowest BCUT2D eigenvalue weighted by molar-refractivity contribution is 0.713. The summed E-state index contributed by atoms with van der Waals surface area (Å²) in [6, 6.07) is 3.90. The summed E-state index contributed by atoms with van der Waals surface area (Å²) in [5.41, 5.74) is 8.29. The molecule has 2 N–H and O–H groups in total. The summed E-state index contributed by atoms with van der Waals surface area (Å²) in [4.78, 5) is 9.84. The van der Waals surface area contributed by atoms with Gasteiger partial charge in [-0.3, -0.25) is 4.98 Å². The van der Waals surface area contributed by atoms with E-state index in [0.717, 1.165) is 22.7 Å². The Balaban J connectivity index is 2.11. The molecule has 0 aliphatic heterocycles. The van der Waals surface area contributed by atoms with E-state index in [1.807, 2.05) is 25.3 Å². The predicted octanol–water partition coefficient (Wildman–Crippen LogP) is 2.40. The van der Waals surface area contributed by atoms with Crippen molar-refractivity contribution in [3.63, 3.8) is 0 Å². The molecule has 1 atom stereocenters. The minimum atomic E-state index is -0.0151. The molecule has 16 heavy (non-hydrogen) atoms. The van der Waals surface area contributed by atoms with Gasteiger partial charge in [0.05, 0.1) is 10.7 Å². The van der Waals surface area contributed by atoms with Crippen molar-refractivity contribution in [3.8, 4) is 0 Å². The van der Waals surface area contributed by atoms with Crippen LogP contribution in [-0.4, -0.2) is 9.97 Å². The third-order valence-corrected chi connectivity index (χ3v) is 3.68. The minimum absolute atomic E-state index is 0.0151. The highest BCUT2D eigenvalue weighted by Gasteiger charge is 2.10. The summed E-state index contributed by atoms with van der Waals surface area (Å²) < 4.78 is 0. The lowest BCUT2D eigenvalue weighted by Gasteiger charge is -2.08. The van der Waals surface area contributed by atoms with Crippen molar-refractivity contribution in [1.82, 2.24) is 9.97 Å². The molecule has 0 fully saturated rings. The Labute approximate surface area is 99.4 Å².